The molecule has 8 nitrogen and oxygen atoms in total. The molecule has 24 heavy (non-hydrogen) atoms. The van der Waals surface area contributed by atoms with Gasteiger partial charge in [-0.25, -0.2) is 5.43 Å². The number of nitrogens with zero attached hydrogens (tertiary/aromatic N) is 2. The Hall–Kier alpha value is -3.42. The summed E-state index contributed by atoms with van der Waals surface area (Å²) in [6.07, 6.45) is 1.11. The van der Waals surface area contributed by atoms with Crippen molar-refractivity contribution in [1.29, 1.82) is 0 Å². The molecule has 2 N–H and O–H groups in total. The van der Waals surface area contributed by atoms with Crippen LogP contribution in [0, 0.1) is 17.0 Å². The van der Waals surface area contributed by atoms with Gasteiger partial charge < -0.3 is 9.84 Å². The van der Waals surface area contributed by atoms with E-state index >= 15 is 0 Å². The SMILES string of the molecule is COc1cc(/C=N/NC(=O)c2ccccc2C)c(O)c([N+](=O)[O-])c1. The third-order valence-electron chi connectivity index (χ3n) is 3.28. The van der Waals surface area contributed by atoms with E-state index in [0.717, 1.165) is 17.8 Å². The van der Waals surface area contributed by atoms with Crippen molar-refractivity contribution in [3.05, 3.63) is 63.2 Å². The number of nitrogens with one attached hydrogen (secondary N) is 1. The Morgan fingerprint density at radius 2 is 2.08 bits per heavy atom. The first kappa shape index (κ1) is 16.9. The highest BCUT2D eigenvalue weighted by molar-refractivity contribution is 5.96. The van der Waals surface area contributed by atoms with E-state index in [4.69, 9.17) is 4.74 Å². The number of methoxy groups -OCH3 is 1. The summed E-state index contributed by atoms with van der Waals surface area (Å²) >= 11 is 0. The summed E-state index contributed by atoms with van der Waals surface area (Å²) in [6.45, 7) is 1.79. The van der Waals surface area contributed by atoms with Gasteiger partial charge in [0.15, 0.2) is 0 Å². The largest absolute Gasteiger partial charge is 0.502 e. The van der Waals surface area contributed by atoms with Crippen LogP contribution in [0.25, 0.3) is 0 Å². The smallest absolute Gasteiger partial charge is 0.315 e. The van der Waals surface area contributed by atoms with Crippen LogP contribution < -0.4 is 10.2 Å². The molecule has 124 valence electrons. The van der Waals surface area contributed by atoms with Gasteiger partial charge in [0.25, 0.3) is 5.91 Å². The Bertz CT molecular complexity index is 817. The number of hydrogen-bond acceptors (Lipinski definition) is 6. The van der Waals surface area contributed by atoms with E-state index in [2.05, 4.69) is 10.5 Å². The van der Waals surface area contributed by atoms with Gasteiger partial charge >= 0.3 is 5.69 Å². The van der Waals surface area contributed by atoms with Crippen molar-refractivity contribution in [1.82, 2.24) is 5.43 Å². The lowest BCUT2D eigenvalue weighted by Gasteiger charge is -2.05. The summed E-state index contributed by atoms with van der Waals surface area (Å²) in [4.78, 5) is 22.2. The summed E-state index contributed by atoms with van der Waals surface area (Å²) in [5, 5.41) is 24.6. The fourth-order valence-electron chi connectivity index (χ4n) is 2.02. The molecule has 0 unspecified atom stereocenters. The fraction of sp³-hybridized carbons (Fsp3) is 0.125. The number of aromatic hydroxyl groups is 1. The van der Waals surface area contributed by atoms with Gasteiger partial charge in [-0.2, -0.15) is 5.10 Å². The van der Waals surface area contributed by atoms with E-state index < -0.39 is 22.3 Å². The third kappa shape index (κ3) is 3.67. The Kier molecular flexibility index (Phi) is 5.10. The van der Waals surface area contributed by atoms with E-state index in [1.807, 2.05) is 6.07 Å². The Labute approximate surface area is 137 Å². The lowest BCUT2D eigenvalue weighted by molar-refractivity contribution is -0.385. The van der Waals surface area contributed by atoms with Crippen LogP contribution >= 0.6 is 0 Å². The molecule has 0 saturated heterocycles. The molecule has 0 atom stereocenters. The minimum Gasteiger partial charge on any atom is -0.502 e. The van der Waals surface area contributed by atoms with E-state index in [0.29, 0.717) is 5.56 Å². The number of amides is 1. The van der Waals surface area contributed by atoms with E-state index in [9.17, 15) is 20.0 Å². The maximum Gasteiger partial charge on any atom is 0.315 e. The molecule has 8 heteroatoms. The molecule has 2 aromatic carbocycles. The number of phenolic OH excluding ortho intramolecular Hbond substituents is 1. The fourth-order valence-corrected chi connectivity index (χ4v) is 2.02. The summed E-state index contributed by atoms with van der Waals surface area (Å²) in [6, 6.07) is 9.43. The second-order valence-corrected chi connectivity index (χ2v) is 4.86. The number of hydrazone groups is 1. The molecule has 0 aliphatic carbocycles. The summed E-state index contributed by atoms with van der Waals surface area (Å²) in [5.74, 6) is -0.804. The Morgan fingerprint density at radius 1 is 1.38 bits per heavy atom. The van der Waals surface area contributed by atoms with Crippen LogP contribution in [0.3, 0.4) is 0 Å². The maximum atomic E-state index is 12.0. The van der Waals surface area contributed by atoms with Gasteiger partial charge in [-0.3, -0.25) is 14.9 Å². The predicted molar refractivity (Wildman–Crippen MR) is 87.6 cm³/mol. The number of benzene rings is 2. The van der Waals surface area contributed by atoms with Gasteiger partial charge in [0.1, 0.15) is 5.75 Å². The monoisotopic (exact) mass is 329 g/mol. The molecule has 2 aromatic rings. The van der Waals surface area contributed by atoms with Crippen LogP contribution in [-0.2, 0) is 0 Å². The molecule has 1 amide bonds. The first-order valence-electron chi connectivity index (χ1n) is 6.88. The van der Waals surface area contributed by atoms with E-state index in [1.54, 1.807) is 25.1 Å². The second kappa shape index (κ2) is 7.23. The average Bonchev–Trinajstić information content (AvgIpc) is 2.56. The molecule has 0 saturated carbocycles. The number of hydrogen-bond donors (Lipinski definition) is 2. The van der Waals surface area contributed by atoms with Crippen LogP contribution in [0.2, 0.25) is 0 Å². The quantitative estimate of drug-likeness (QED) is 0.496. The van der Waals surface area contributed by atoms with Gasteiger partial charge in [-0.05, 0) is 24.6 Å². The van der Waals surface area contributed by atoms with Crippen molar-refractivity contribution in [3.63, 3.8) is 0 Å². The van der Waals surface area contributed by atoms with Crippen LogP contribution in [0.4, 0.5) is 5.69 Å². The highest BCUT2D eigenvalue weighted by atomic mass is 16.6. The van der Waals surface area contributed by atoms with Gasteiger partial charge in [0, 0.05) is 11.1 Å². The number of carbonyl (C=O) groups is 1. The van der Waals surface area contributed by atoms with Crippen LogP contribution in [-0.4, -0.2) is 29.3 Å². The molecular weight excluding hydrogens is 314 g/mol. The summed E-state index contributed by atoms with van der Waals surface area (Å²) in [5.41, 5.74) is 3.08. The molecule has 0 spiro atoms. The van der Waals surface area contributed by atoms with Gasteiger partial charge in [0.05, 0.1) is 24.3 Å². The summed E-state index contributed by atoms with van der Waals surface area (Å²) in [7, 11) is 1.34. The van der Waals surface area contributed by atoms with Gasteiger partial charge in [-0.15, -0.1) is 0 Å². The van der Waals surface area contributed by atoms with Crippen molar-refractivity contribution >= 4 is 17.8 Å². The maximum absolute atomic E-state index is 12.0. The lowest BCUT2D eigenvalue weighted by Crippen LogP contribution is -2.18. The zero-order valence-electron chi connectivity index (χ0n) is 13.0. The lowest BCUT2D eigenvalue weighted by atomic mass is 10.1. The van der Waals surface area contributed by atoms with E-state index in [1.165, 1.54) is 13.2 Å². The van der Waals surface area contributed by atoms with Crippen molar-refractivity contribution in [2.45, 2.75) is 6.92 Å². The zero-order valence-corrected chi connectivity index (χ0v) is 13.0. The normalized spacial score (nSPS) is 10.6. The number of carbonyl (C=O) groups excluding carboxylic acids is 1. The van der Waals surface area contributed by atoms with E-state index in [-0.39, 0.29) is 11.3 Å². The molecule has 0 bridgehead atoms. The van der Waals surface area contributed by atoms with Gasteiger partial charge in [0.2, 0.25) is 5.75 Å². The van der Waals surface area contributed by atoms with Crippen molar-refractivity contribution in [2.75, 3.05) is 7.11 Å². The molecule has 0 aliphatic rings. The molecule has 0 heterocycles. The zero-order chi connectivity index (χ0) is 17.7. The van der Waals surface area contributed by atoms with Crippen LogP contribution in [0.15, 0.2) is 41.5 Å². The van der Waals surface area contributed by atoms with Gasteiger partial charge in [-0.1, -0.05) is 18.2 Å². The van der Waals surface area contributed by atoms with Crippen LogP contribution in [0.5, 0.6) is 11.5 Å². The molecule has 0 fully saturated rings. The molecule has 0 aliphatic heterocycles. The number of rotatable bonds is 5. The highest BCUT2D eigenvalue weighted by Crippen LogP contribution is 2.33. The van der Waals surface area contributed by atoms with Crippen molar-refractivity contribution in [2.24, 2.45) is 5.10 Å². The van der Waals surface area contributed by atoms with Crippen molar-refractivity contribution < 1.29 is 19.6 Å². The number of nitro benzene ring substituents is 1. The molecule has 0 radical (unpaired) electrons. The minimum atomic E-state index is -0.735. The highest BCUT2D eigenvalue weighted by Gasteiger charge is 2.18. The number of aryl methyl sites for hydroxylation is 1. The minimum absolute atomic E-state index is 0.0473. The second-order valence-electron chi connectivity index (χ2n) is 4.86. The Morgan fingerprint density at radius 3 is 2.71 bits per heavy atom. The Balaban J connectivity index is 2.23. The number of nitro groups is 1. The molecule has 0 aromatic heterocycles. The number of ether oxygens (including phenoxy) is 1. The first-order valence-corrected chi connectivity index (χ1v) is 6.88. The predicted octanol–water partition coefficient (Wildman–Crippen LogP) is 2.38. The topological polar surface area (TPSA) is 114 Å². The molecule has 2 rings (SSSR count). The molecular formula is C16H15N3O5. The first-order chi connectivity index (χ1) is 11.4. The standard InChI is InChI=1S/C16H15N3O5/c1-10-5-3-4-6-13(10)16(21)18-17-9-11-7-12(24-2)8-14(15(11)20)19(22)23/h3-9,20H,1-2H3,(H,18,21)/b17-9+. The van der Waals surface area contributed by atoms with Crippen molar-refractivity contribution in [3.8, 4) is 11.5 Å². The third-order valence-corrected chi connectivity index (χ3v) is 3.28. The average molecular weight is 329 g/mol. The van der Waals surface area contributed by atoms with Crippen LogP contribution in [0.1, 0.15) is 21.5 Å². The number of phenols is 1. The summed E-state index contributed by atoms with van der Waals surface area (Å²) < 4.78 is 4.95.